The normalized spacial score (nSPS) is 12.5. The molecule has 0 heterocycles. The fraction of sp³-hybridized carbons (Fsp3) is 0.900. The lowest BCUT2D eigenvalue weighted by atomic mass is 10.5. The van der Waals surface area contributed by atoms with E-state index in [-0.39, 0.29) is 5.05 Å². The Hall–Kier alpha value is 0.107. The molecule has 0 aromatic carbocycles. The van der Waals surface area contributed by atoms with Gasteiger partial charge in [-0.15, -0.1) is 0 Å². The number of aliphatic hydroxyl groups is 1. The zero-order chi connectivity index (χ0) is 10.6. The topological polar surface area (TPSA) is 20.2 Å². The molecule has 0 saturated heterocycles. The van der Waals surface area contributed by atoms with Gasteiger partial charge in [0.2, 0.25) is 0 Å². The van der Waals surface area contributed by atoms with Crippen molar-refractivity contribution >= 4 is 25.3 Å². The summed E-state index contributed by atoms with van der Waals surface area (Å²) >= 11 is 4.71. The van der Waals surface area contributed by atoms with Crippen molar-refractivity contribution in [2.75, 3.05) is 0 Å². The highest BCUT2D eigenvalue weighted by molar-refractivity contribution is 7.80. The SMILES string of the molecule is CC(C)[Si](C)(CCC(O)=S)C(C)C. The molecule has 0 amide bonds. The van der Waals surface area contributed by atoms with Gasteiger partial charge in [0, 0.05) is 6.42 Å². The molecule has 0 atom stereocenters. The van der Waals surface area contributed by atoms with Gasteiger partial charge in [-0.3, -0.25) is 0 Å². The van der Waals surface area contributed by atoms with Crippen LogP contribution in [0.25, 0.3) is 0 Å². The van der Waals surface area contributed by atoms with E-state index in [1.807, 2.05) is 0 Å². The summed E-state index contributed by atoms with van der Waals surface area (Å²) in [6.45, 7) is 11.6. The molecule has 1 N–H and O–H groups in total. The summed E-state index contributed by atoms with van der Waals surface area (Å²) in [4.78, 5) is 0. The number of hydrogen-bond donors (Lipinski definition) is 1. The van der Waals surface area contributed by atoms with Gasteiger partial charge in [0.1, 0.15) is 0 Å². The molecule has 13 heavy (non-hydrogen) atoms. The molecule has 0 unspecified atom stereocenters. The first-order valence-corrected chi connectivity index (χ1v) is 8.29. The molecule has 0 saturated carbocycles. The summed E-state index contributed by atoms with van der Waals surface area (Å²) in [5.74, 6) is 0. The molecule has 0 aliphatic carbocycles. The van der Waals surface area contributed by atoms with Crippen LogP contribution < -0.4 is 0 Å². The Balaban J connectivity index is 4.33. The molecule has 0 aliphatic rings. The second kappa shape index (κ2) is 5.10. The molecule has 78 valence electrons. The molecule has 0 aliphatic heterocycles. The molecule has 0 fully saturated rings. The van der Waals surface area contributed by atoms with Gasteiger partial charge in [0.25, 0.3) is 0 Å². The first kappa shape index (κ1) is 13.1. The molecular formula is C10H22OSSi. The fourth-order valence-corrected chi connectivity index (χ4v) is 5.17. The molecule has 0 rings (SSSR count). The molecule has 0 spiro atoms. The quantitative estimate of drug-likeness (QED) is 0.552. The van der Waals surface area contributed by atoms with Crippen molar-refractivity contribution in [1.29, 1.82) is 0 Å². The summed E-state index contributed by atoms with van der Waals surface area (Å²) in [6, 6.07) is 1.12. The Morgan fingerprint density at radius 2 is 1.62 bits per heavy atom. The summed E-state index contributed by atoms with van der Waals surface area (Å²) < 4.78 is 0. The van der Waals surface area contributed by atoms with Crippen molar-refractivity contribution in [1.82, 2.24) is 0 Å². The van der Waals surface area contributed by atoms with Crippen LogP contribution in [0.1, 0.15) is 34.1 Å². The van der Waals surface area contributed by atoms with Gasteiger partial charge in [0.15, 0.2) is 5.05 Å². The van der Waals surface area contributed by atoms with Crippen LogP contribution in [-0.4, -0.2) is 18.2 Å². The molecule has 0 aromatic heterocycles. The highest BCUT2D eigenvalue weighted by Gasteiger charge is 2.33. The third-order valence-corrected chi connectivity index (χ3v) is 10.3. The van der Waals surface area contributed by atoms with E-state index in [9.17, 15) is 0 Å². The van der Waals surface area contributed by atoms with Crippen LogP contribution >= 0.6 is 12.2 Å². The zero-order valence-corrected chi connectivity index (χ0v) is 11.2. The minimum absolute atomic E-state index is 0.181. The Morgan fingerprint density at radius 3 is 1.85 bits per heavy atom. The number of aliphatic hydroxyl groups excluding tert-OH is 1. The van der Waals surface area contributed by atoms with Crippen molar-refractivity contribution in [3.63, 3.8) is 0 Å². The van der Waals surface area contributed by atoms with E-state index in [2.05, 4.69) is 34.2 Å². The predicted octanol–water partition coefficient (Wildman–Crippen LogP) is 4.16. The third-order valence-electron chi connectivity index (χ3n) is 3.52. The van der Waals surface area contributed by atoms with E-state index in [1.165, 1.54) is 0 Å². The second-order valence-electron chi connectivity index (χ2n) is 4.71. The average Bonchev–Trinajstić information content (AvgIpc) is 1.99. The van der Waals surface area contributed by atoms with Crippen LogP contribution in [0.5, 0.6) is 0 Å². The fourth-order valence-electron chi connectivity index (χ4n) is 1.62. The van der Waals surface area contributed by atoms with E-state index in [1.54, 1.807) is 0 Å². The van der Waals surface area contributed by atoms with Gasteiger partial charge in [-0.1, -0.05) is 45.3 Å². The predicted molar refractivity (Wildman–Crippen MR) is 66.5 cm³/mol. The lowest BCUT2D eigenvalue weighted by Gasteiger charge is -2.35. The molecule has 0 aromatic rings. The minimum atomic E-state index is -1.21. The van der Waals surface area contributed by atoms with Gasteiger partial charge in [-0.25, -0.2) is 0 Å². The van der Waals surface area contributed by atoms with Crippen LogP contribution in [0.4, 0.5) is 0 Å². The monoisotopic (exact) mass is 218 g/mol. The maximum atomic E-state index is 9.03. The maximum Gasteiger partial charge on any atom is 0.156 e. The first-order valence-electron chi connectivity index (χ1n) is 5.02. The Morgan fingerprint density at radius 1 is 1.23 bits per heavy atom. The maximum absolute atomic E-state index is 9.03. The summed E-state index contributed by atoms with van der Waals surface area (Å²) in [7, 11) is -1.21. The van der Waals surface area contributed by atoms with Gasteiger partial charge in [0.05, 0.1) is 8.07 Å². The summed E-state index contributed by atoms with van der Waals surface area (Å²) in [6.07, 6.45) is 0.717. The number of hydrogen-bond acceptors (Lipinski definition) is 1. The van der Waals surface area contributed by atoms with E-state index in [0.29, 0.717) is 6.42 Å². The van der Waals surface area contributed by atoms with Crippen LogP contribution in [0.15, 0.2) is 0 Å². The smallest absolute Gasteiger partial charge is 0.156 e. The minimum Gasteiger partial charge on any atom is -0.502 e. The molecule has 0 radical (unpaired) electrons. The molecule has 3 heteroatoms. The van der Waals surface area contributed by atoms with Crippen molar-refractivity contribution in [2.24, 2.45) is 0 Å². The van der Waals surface area contributed by atoms with Gasteiger partial charge in [-0.05, 0) is 18.3 Å². The summed E-state index contributed by atoms with van der Waals surface area (Å²) in [5.41, 5.74) is 1.53. The second-order valence-corrected chi connectivity index (χ2v) is 11.0. The van der Waals surface area contributed by atoms with Crippen molar-refractivity contribution in [2.45, 2.75) is 57.8 Å². The highest BCUT2D eigenvalue weighted by atomic mass is 32.1. The van der Waals surface area contributed by atoms with Gasteiger partial charge < -0.3 is 5.11 Å². The van der Waals surface area contributed by atoms with E-state index >= 15 is 0 Å². The van der Waals surface area contributed by atoms with E-state index in [4.69, 9.17) is 17.3 Å². The van der Waals surface area contributed by atoms with Crippen LogP contribution in [0, 0.1) is 0 Å². The molecular weight excluding hydrogens is 196 g/mol. The van der Waals surface area contributed by atoms with Gasteiger partial charge in [-0.2, -0.15) is 0 Å². The van der Waals surface area contributed by atoms with Crippen LogP contribution in [0.2, 0.25) is 23.7 Å². The number of rotatable bonds is 5. The van der Waals surface area contributed by atoms with Crippen LogP contribution in [-0.2, 0) is 0 Å². The van der Waals surface area contributed by atoms with Crippen molar-refractivity contribution in [3.05, 3.63) is 0 Å². The third kappa shape index (κ3) is 3.77. The van der Waals surface area contributed by atoms with E-state index < -0.39 is 8.07 Å². The highest BCUT2D eigenvalue weighted by Crippen LogP contribution is 2.36. The summed E-state index contributed by atoms with van der Waals surface area (Å²) in [5, 5.41) is 9.21. The Bertz CT molecular complexity index is 170. The Kier molecular flexibility index (Phi) is 5.15. The lowest BCUT2D eigenvalue weighted by Crippen LogP contribution is -2.37. The standard InChI is InChI=1S/C10H22OSSi/c1-8(2)13(5,9(3)4)7-6-10(11)12/h8-9H,6-7H2,1-5H3,(H,11,12). The van der Waals surface area contributed by atoms with Crippen molar-refractivity contribution < 1.29 is 5.11 Å². The average molecular weight is 218 g/mol. The molecule has 0 bridgehead atoms. The van der Waals surface area contributed by atoms with Crippen LogP contribution in [0.3, 0.4) is 0 Å². The largest absolute Gasteiger partial charge is 0.502 e. The molecule has 1 nitrogen and oxygen atoms in total. The van der Waals surface area contributed by atoms with Gasteiger partial charge >= 0.3 is 0 Å². The first-order chi connectivity index (χ1) is 5.80. The van der Waals surface area contributed by atoms with Crippen molar-refractivity contribution in [3.8, 4) is 0 Å². The lowest BCUT2D eigenvalue weighted by molar-refractivity contribution is 0.552. The number of thiocarbonyl (C=S) groups is 1. The Labute approximate surface area is 88.6 Å². The zero-order valence-electron chi connectivity index (χ0n) is 9.42. The van der Waals surface area contributed by atoms with E-state index in [0.717, 1.165) is 17.1 Å².